The lowest BCUT2D eigenvalue weighted by molar-refractivity contribution is -0.148. The second-order valence-corrected chi connectivity index (χ2v) is 4.13. The van der Waals surface area contributed by atoms with Crippen LogP contribution in [0.5, 0.6) is 0 Å². The van der Waals surface area contributed by atoms with Crippen molar-refractivity contribution in [3.05, 3.63) is 0 Å². The van der Waals surface area contributed by atoms with E-state index in [4.69, 9.17) is 5.11 Å². The van der Waals surface area contributed by atoms with Crippen molar-refractivity contribution in [2.45, 2.75) is 46.2 Å². The van der Waals surface area contributed by atoms with Crippen LogP contribution in [0.25, 0.3) is 0 Å². The van der Waals surface area contributed by atoms with Gasteiger partial charge in [-0.15, -0.1) is 0 Å². The number of carboxylic acids is 1. The van der Waals surface area contributed by atoms with E-state index in [1.54, 1.807) is 0 Å². The molecule has 1 amide bonds. The lowest BCUT2D eigenvalue weighted by Gasteiger charge is -2.29. The van der Waals surface area contributed by atoms with E-state index in [9.17, 15) is 9.59 Å². The van der Waals surface area contributed by atoms with Crippen LogP contribution in [-0.4, -0.2) is 34.5 Å². The molecule has 0 spiro atoms. The average Bonchev–Trinajstić information content (AvgIpc) is 2.02. The number of aliphatic carboxylic acids is 1. The molecule has 0 aromatic carbocycles. The van der Waals surface area contributed by atoms with E-state index >= 15 is 0 Å². The predicted octanol–water partition coefficient (Wildman–Crippen LogP) is 1.35. The first-order valence-corrected chi connectivity index (χ1v) is 4.85. The molecule has 4 nitrogen and oxygen atoms in total. The minimum atomic E-state index is -0.931. The summed E-state index contributed by atoms with van der Waals surface area (Å²) in [6.45, 7) is 7.51. The molecule has 0 fully saturated rings. The zero-order valence-corrected chi connectivity index (χ0v) is 9.23. The van der Waals surface area contributed by atoms with Gasteiger partial charge in [0.2, 0.25) is 6.41 Å². The number of hydrogen-bond acceptors (Lipinski definition) is 2. The van der Waals surface area contributed by atoms with Crippen LogP contribution in [0.15, 0.2) is 0 Å². The van der Waals surface area contributed by atoms with Gasteiger partial charge in [0.1, 0.15) is 6.04 Å². The fraction of sp³-hybridized carbons (Fsp3) is 0.800. The first kappa shape index (κ1) is 12.9. The highest BCUT2D eigenvalue weighted by Gasteiger charge is 2.26. The van der Waals surface area contributed by atoms with Gasteiger partial charge in [-0.2, -0.15) is 0 Å². The minimum absolute atomic E-state index is 0.0765. The maximum absolute atomic E-state index is 10.9. The molecule has 4 heteroatoms. The quantitative estimate of drug-likeness (QED) is 0.660. The molecule has 14 heavy (non-hydrogen) atoms. The number of carboxylic acid groups (broad SMARTS) is 1. The van der Waals surface area contributed by atoms with Gasteiger partial charge in [0.15, 0.2) is 0 Å². The highest BCUT2D eigenvalue weighted by atomic mass is 16.4. The Morgan fingerprint density at radius 1 is 1.36 bits per heavy atom. The third kappa shape index (κ3) is 3.77. The summed E-state index contributed by atoms with van der Waals surface area (Å²) >= 11 is 0. The summed E-state index contributed by atoms with van der Waals surface area (Å²) in [4.78, 5) is 23.0. The normalized spacial score (nSPS) is 13.0. The van der Waals surface area contributed by atoms with Crippen LogP contribution in [-0.2, 0) is 9.59 Å². The first-order chi connectivity index (χ1) is 6.40. The molecule has 0 aliphatic carbocycles. The highest BCUT2D eigenvalue weighted by Crippen LogP contribution is 2.13. The second-order valence-electron chi connectivity index (χ2n) is 4.13. The Morgan fingerprint density at radius 2 is 1.86 bits per heavy atom. The molecule has 0 radical (unpaired) electrons. The van der Waals surface area contributed by atoms with Gasteiger partial charge in [-0.25, -0.2) is 4.79 Å². The lowest BCUT2D eigenvalue weighted by atomic mass is 10.0. The maximum atomic E-state index is 10.9. The van der Waals surface area contributed by atoms with Gasteiger partial charge in [0.05, 0.1) is 0 Å². The van der Waals surface area contributed by atoms with Crippen molar-refractivity contribution in [3.8, 4) is 0 Å². The van der Waals surface area contributed by atoms with Crippen molar-refractivity contribution in [3.63, 3.8) is 0 Å². The molecule has 0 saturated carbocycles. The Kier molecular flexibility index (Phi) is 5.20. The fourth-order valence-corrected chi connectivity index (χ4v) is 1.35. The van der Waals surface area contributed by atoms with Crippen LogP contribution in [0.1, 0.15) is 34.1 Å². The van der Waals surface area contributed by atoms with Crippen molar-refractivity contribution in [2.24, 2.45) is 5.92 Å². The molecule has 0 rings (SSSR count). The molecule has 0 heterocycles. The molecule has 1 unspecified atom stereocenters. The van der Waals surface area contributed by atoms with E-state index < -0.39 is 12.0 Å². The van der Waals surface area contributed by atoms with E-state index in [1.807, 2.05) is 27.7 Å². The Labute approximate surface area is 84.9 Å². The molecule has 82 valence electrons. The Morgan fingerprint density at radius 3 is 2.07 bits per heavy atom. The molecular weight excluding hydrogens is 182 g/mol. The Balaban J connectivity index is 4.60. The Bertz CT molecular complexity index is 202. The largest absolute Gasteiger partial charge is 0.480 e. The number of amides is 1. The van der Waals surface area contributed by atoms with E-state index in [2.05, 4.69) is 0 Å². The van der Waals surface area contributed by atoms with E-state index in [-0.39, 0.29) is 12.0 Å². The van der Waals surface area contributed by atoms with Gasteiger partial charge in [0, 0.05) is 6.04 Å². The molecule has 1 N–H and O–H groups in total. The molecule has 0 aromatic heterocycles. The number of rotatable bonds is 6. The van der Waals surface area contributed by atoms with Gasteiger partial charge in [-0.05, 0) is 26.2 Å². The standard InChI is InChI=1S/C10H19NO3/c1-7(2)5-9(10(13)14)11(6-12)8(3)4/h6-9H,5H2,1-4H3,(H,13,14). The topological polar surface area (TPSA) is 57.6 Å². The van der Waals surface area contributed by atoms with Crippen LogP contribution in [0, 0.1) is 5.92 Å². The molecule has 1 atom stereocenters. The summed E-state index contributed by atoms with van der Waals surface area (Å²) < 4.78 is 0. The minimum Gasteiger partial charge on any atom is -0.480 e. The zero-order chi connectivity index (χ0) is 11.3. The molecule has 0 saturated heterocycles. The summed E-state index contributed by atoms with van der Waals surface area (Å²) in [5.74, 6) is -0.670. The van der Waals surface area contributed by atoms with Gasteiger partial charge < -0.3 is 10.0 Å². The van der Waals surface area contributed by atoms with Crippen molar-refractivity contribution in [1.29, 1.82) is 0 Å². The van der Waals surface area contributed by atoms with E-state index in [0.717, 1.165) is 0 Å². The zero-order valence-electron chi connectivity index (χ0n) is 9.23. The average molecular weight is 201 g/mol. The van der Waals surface area contributed by atoms with Crippen molar-refractivity contribution < 1.29 is 14.7 Å². The van der Waals surface area contributed by atoms with E-state index in [1.165, 1.54) is 4.90 Å². The Hall–Kier alpha value is -1.06. The van der Waals surface area contributed by atoms with Crippen molar-refractivity contribution in [2.75, 3.05) is 0 Å². The van der Waals surface area contributed by atoms with Crippen LogP contribution in [0.3, 0.4) is 0 Å². The van der Waals surface area contributed by atoms with Gasteiger partial charge >= 0.3 is 5.97 Å². The first-order valence-electron chi connectivity index (χ1n) is 4.85. The molecular formula is C10H19NO3. The van der Waals surface area contributed by atoms with Crippen LogP contribution < -0.4 is 0 Å². The van der Waals surface area contributed by atoms with E-state index in [0.29, 0.717) is 12.8 Å². The SMILES string of the molecule is CC(C)CC(C(=O)O)N(C=O)C(C)C. The molecule has 0 aliphatic heterocycles. The summed E-state index contributed by atoms with van der Waals surface area (Å²) in [7, 11) is 0. The van der Waals surface area contributed by atoms with Crippen LogP contribution in [0.2, 0.25) is 0 Å². The van der Waals surface area contributed by atoms with Gasteiger partial charge in [0.25, 0.3) is 0 Å². The maximum Gasteiger partial charge on any atom is 0.326 e. The summed E-state index contributed by atoms with van der Waals surface area (Å²) in [5, 5.41) is 8.97. The van der Waals surface area contributed by atoms with Crippen molar-refractivity contribution >= 4 is 12.4 Å². The number of carbonyl (C=O) groups excluding carboxylic acids is 1. The van der Waals surface area contributed by atoms with Gasteiger partial charge in [-0.3, -0.25) is 4.79 Å². The number of nitrogens with zero attached hydrogens (tertiary/aromatic N) is 1. The monoisotopic (exact) mass is 201 g/mol. The van der Waals surface area contributed by atoms with Gasteiger partial charge in [-0.1, -0.05) is 13.8 Å². The summed E-state index contributed by atoms with van der Waals surface area (Å²) in [6.07, 6.45) is 1.11. The summed E-state index contributed by atoms with van der Waals surface area (Å²) in [5.41, 5.74) is 0. The predicted molar refractivity (Wildman–Crippen MR) is 53.9 cm³/mol. The van der Waals surface area contributed by atoms with Crippen LogP contribution >= 0.6 is 0 Å². The third-order valence-corrected chi connectivity index (χ3v) is 2.06. The second kappa shape index (κ2) is 5.62. The van der Waals surface area contributed by atoms with Crippen molar-refractivity contribution in [1.82, 2.24) is 4.90 Å². The molecule has 0 bridgehead atoms. The smallest absolute Gasteiger partial charge is 0.326 e. The highest BCUT2D eigenvalue weighted by molar-refractivity contribution is 5.76. The lowest BCUT2D eigenvalue weighted by Crippen LogP contribution is -2.45. The number of carbonyl (C=O) groups is 2. The molecule has 0 aromatic rings. The number of hydrogen-bond donors (Lipinski definition) is 1. The third-order valence-electron chi connectivity index (χ3n) is 2.06. The van der Waals surface area contributed by atoms with Crippen LogP contribution in [0.4, 0.5) is 0 Å². The fourth-order valence-electron chi connectivity index (χ4n) is 1.35. The summed E-state index contributed by atoms with van der Waals surface area (Å²) in [6, 6.07) is -0.778. The molecule has 0 aliphatic rings.